The lowest BCUT2D eigenvalue weighted by Crippen LogP contribution is -2.31. The number of ketones is 1. The maximum absolute atomic E-state index is 13.4. The largest absolute Gasteiger partial charge is 0.449 e. The monoisotopic (exact) mass is 541 g/mol. The molecule has 0 heterocycles. The number of anilines is 1. The van der Waals surface area contributed by atoms with E-state index in [1.807, 2.05) is 55.5 Å². The maximum Gasteiger partial charge on any atom is 0.338 e. The Balaban J connectivity index is 1.56. The molecular formula is C30H24BrNO4. The van der Waals surface area contributed by atoms with Gasteiger partial charge in [-0.25, -0.2) is 4.79 Å². The van der Waals surface area contributed by atoms with Crippen molar-refractivity contribution in [2.24, 2.45) is 0 Å². The Morgan fingerprint density at radius 2 is 1.33 bits per heavy atom. The van der Waals surface area contributed by atoms with Crippen molar-refractivity contribution in [3.63, 3.8) is 0 Å². The molecule has 4 aromatic rings. The van der Waals surface area contributed by atoms with Crippen LogP contribution in [-0.2, 0) is 4.74 Å². The minimum absolute atomic E-state index is 0.218. The summed E-state index contributed by atoms with van der Waals surface area (Å²) in [7, 11) is 0. The molecule has 4 aromatic carbocycles. The highest BCUT2D eigenvalue weighted by Crippen LogP contribution is 2.31. The van der Waals surface area contributed by atoms with Crippen LogP contribution >= 0.6 is 15.9 Å². The van der Waals surface area contributed by atoms with E-state index in [0.29, 0.717) is 16.8 Å². The summed E-state index contributed by atoms with van der Waals surface area (Å²) in [6.45, 7) is 1.91. The zero-order chi connectivity index (χ0) is 25.5. The summed E-state index contributed by atoms with van der Waals surface area (Å²) in [6, 6.07) is 31.7. The van der Waals surface area contributed by atoms with E-state index in [9.17, 15) is 14.4 Å². The number of ether oxygens (including phenoxy) is 1. The summed E-state index contributed by atoms with van der Waals surface area (Å²) in [5.41, 5.74) is 3.39. The van der Waals surface area contributed by atoms with Gasteiger partial charge in [0.2, 0.25) is 5.78 Å². The van der Waals surface area contributed by atoms with Gasteiger partial charge in [0.15, 0.2) is 6.10 Å². The normalized spacial score (nSPS) is 12.3. The number of esters is 1. The van der Waals surface area contributed by atoms with E-state index >= 15 is 0 Å². The van der Waals surface area contributed by atoms with E-state index in [1.54, 1.807) is 54.6 Å². The molecule has 0 radical (unpaired) electrons. The second-order valence-electron chi connectivity index (χ2n) is 8.27. The number of benzene rings is 4. The third kappa shape index (κ3) is 6.15. The summed E-state index contributed by atoms with van der Waals surface area (Å²) >= 11 is 3.58. The van der Waals surface area contributed by atoms with Gasteiger partial charge >= 0.3 is 5.97 Å². The van der Waals surface area contributed by atoms with E-state index in [0.717, 1.165) is 11.1 Å². The van der Waals surface area contributed by atoms with Crippen molar-refractivity contribution in [3.05, 3.63) is 137 Å². The highest BCUT2D eigenvalue weighted by atomic mass is 79.9. The molecule has 0 bridgehead atoms. The van der Waals surface area contributed by atoms with E-state index < -0.39 is 16.9 Å². The number of Topliss-reactive ketones (excluding diaryl/α,β-unsaturated/α-hetero) is 1. The third-order valence-electron chi connectivity index (χ3n) is 5.57. The summed E-state index contributed by atoms with van der Waals surface area (Å²) in [6.07, 6.45) is -1.10. The Bertz CT molecular complexity index is 1370. The Morgan fingerprint density at radius 3 is 2.03 bits per heavy atom. The quantitative estimate of drug-likeness (QED) is 0.151. The number of carbonyl (C=O) groups is 3. The standard InChI is InChI=1S/C30H24BrNO4/c1-20-10-8-15-23(18-20)29(34)32-25-17-9-16-24(19-25)30(35)36-28(26(31)21-11-4-2-5-12-21)27(33)22-13-6-3-7-14-22/h2-19,26,28H,1H3,(H,32,34)/t26-,28-/m1/s1. The molecule has 4 rings (SSSR count). The van der Waals surface area contributed by atoms with Crippen molar-refractivity contribution in [2.45, 2.75) is 17.9 Å². The van der Waals surface area contributed by atoms with Crippen molar-refractivity contribution in [2.75, 3.05) is 5.32 Å². The summed E-state index contributed by atoms with van der Waals surface area (Å²) in [4.78, 5) is 38.6. The number of hydrogen-bond acceptors (Lipinski definition) is 4. The first-order valence-corrected chi connectivity index (χ1v) is 12.3. The zero-order valence-electron chi connectivity index (χ0n) is 19.6. The molecule has 0 aliphatic rings. The van der Waals surface area contributed by atoms with E-state index in [-0.39, 0.29) is 17.3 Å². The van der Waals surface area contributed by atoms with Crippen LogP contribution in [0.4, 0.5) is 5.69 Å². The average Bonchev–Trinajstić information content (AvgIpc) is 2.92. The molecule has 0 aliphatic heterocycles. The molecule has 0 aliphatic carbocycles. The van der Waals surface area contributed by atoms with Crippen LogP contribution in [0.3, 0.4) is 0 Å². The predicted molar refractivity (Wildman–Crippen MR) is 144 cm³/mol. The Kier molecular flexibility index (Phi) is 8.08. The van der Waals surface area contributed by atoms with Crippen LogP contribution in [0.5, 0.6) is 0 Å². The molecule has 180 valence electrons. The molecule has 0 spiro atoms. The first-order chi connectivity index (χ1) is 17.4. The van der Waals surface area contributed by atoms with Gasteiger partial charge in [-0.2, -0.15) is 0 Å². The average molecular weight is 542 g/mol. The highest BCUT2D eigenvalue weighted by Gasteiger charge is 2.32. The summed E-state index contributed by atoms with van der Waals surface area (Å²) in [5, 5.41) is 2.81. The lowest BCUT2D eigenvalue weighted by molar-refractivity contribution is 0.0282. The van der Waals surface area contributed by atoms with E-state index in [4.69, 9.17) is 4.74 Å². The molecule has 0 saturated carbocycles. The molecule has 0 saturated heterocycles. The molecule has 2 atom stereocenters. The number of nitrogens with one attached hydrogen (secondary N) is 1. The van der Waals surface area contributed by atoms with Gasteiger partial charge < -0.3 is 10.1 Å². The van der Waals surface area contributed by atoms with Crippen molar-refractivity contribution in [1.82, 2.24) is 0 Å². The van der Waals surface area contributed by atoms with Gasteiger partial charge in [-0.15, -0.1) is 0 Å². The second-order valence-corrected chi connectivity index (χ2v) is 9.26. The Hall–Kier alpha value is -4.03. The van der Waals surface area contributed by atoms with E-state index in [1.165, 1.54) is 6.07 Å². The fourth-order valence-corrected chi connectivity index (χ4v) is 4.37. The van der Waals surface area contributed by atoms with Crippen molar-refractivity contribution < 1.29 is 19.1 Å². The minimum atomic E-state index is -1.10. The van der Waals surface area contributed by atoms with Crippen molar-refractivity contribution in [1.29, 1.82) is 0 Å². The smallest absolute Gasteiger partial charge is 0.338 e. The van der Waals surface area contributed by atoms with Crippen molar-refractivity contribution in [3.8, 4) is 0 Å². The molecule has 6 heteroatoms. The molecule has 36 heavy (non-hydrogen) atoms. The summed E-state index contributed by atoms with van der Waals surface area (Å²) < 4.78 is 5.78. The van der Waals surface area contributed by atoms with Gasteiger partial charge in [-0.3, -0.25) is 9.59 Å². The van der Waals surface area contributed by atoms with Crippen LogP contribution in [0.25, 0.3) is 0 Å². The number of aryl methyl sites for hydroxylation is 1. The summed E-state index contributed by atoms with van der Waals surface area (Å²) in [5.74, 6) is -1.28. The van der Waals surface area contributed by atoms with E-state index in [2.05, 4.69) is 21.2 Å². The molecule has 0 aromatic heterocycles. The lowest BCUT2D eigenvalue weighted by atomic mass is 9.99. The fourth-order valence-electron chi connectivity index (χ4n) is 3.72. The molecule has 5 nitrogen and oxygen atoms in total. The van der Waals surface area contributed by atoms with Crippen LogP contribution in [0.15, 0.2) is 109 Å². The number of hydrogen-bond donors (Lipinski definition) is 1. The maximum atomic E-state index is 13.4. The SMILES string of the molecule is Cc1cccc(C(=O)Nc2cccc(C(=O)O[C@@H](C(=O)c3ccccc3)[C@H](Br)c3ccccc3)c2)c1. The number of rotatable bonds is 8. The van der Waals surface area contributed by atoms with Gasteiger partial charge in [0.05, 0.1) is 10.4 Å². The van der Waals surface area contributed by atoms with Gasteiger partial charge in [-0.1, -0.05) is 100 Å². The molecule has 1 N–H and O–H groups in total. The van der Waals surface area contributed by atoms with Gasteiger partial charge in [0, 0.05) is 16.8 Å². The zero-order valence-corrected chi connectivity index (χ0v) is 21.1. The van der Waals surface area contributed by atoms with Crippen LogP contribution in [0.2, 0.25) is 0 Å². The molecule has 0 unspecified atom stereocenters. The Labute approximate surface area is 218 Å². The lowest BCUT2D eigenvalue weighted by Gasteiger charge is -2.22. The second kappa shape index (κ2) is 11.6. The van der Waals surface area contributed by atoms with Gasteiger partial charge in [0.1, 0.15) is 0 Å². The topological polar surface area (TPSA) is 72.5 Å². The number of alkyl halides is 1. The predicted octanol–water partition coefficient (Wildman–Crippen LogP) is 6.79. The van der Waals surface area contributed by atoms with Crippen molar-refractivity contribution >= 4 is 39.3 Å². The highest BCUT2D eigenvalue weighted by molar-refractivity contribution is 9.09. The number of halogens is 1. The molecule has 1 amide bonds. The third-order valence-corrected chi connectivity index (χ3v) is 6.58. The fraction of sp³-hybridized carbons (Fsp3) is 0.100. The number of amides is 1. The van der Waals surface area contributed by atoms with Crippen LogP contribution in [-0.4, -0.2) is 23.8 Å². The van der Waals surface area contributed by atoms with Gasteiger partial charge in [0.25, 0.3) is 5.91 Å². The van der Waals surface area contributed by atoms with Crippen LogP contribution in [0, 0.1) is 6.92 Å². The Morgan fingerprint density at radius 1 is 0.722 bits per heavy atom. The molecule has 0 fully saturated rings. The minimum Gasteiger partial charge on any atom is -0.449 e. The first-order valence-electron chi connectivity index (χ1n) is 11.4. The molecular weight excluding hydrogens is 518 g/mol. The van der Waals surface area contributed by atoms with Crippen LogP contribution in [0.1, 0.15) is 47.0 Å². The number of carbonyl (C=O) groups excluding carboxylic acids is 3. The first kappa shape index (κ1) is 25.1. The van der Waals surface area contributed by atoms with Crippen LogP contribution < -0.4 is 5.32 Å². The van der Waals surface area contributed by atoms with Gasteiger partial charge in [-0.05, 0) is 42.8 Å².